The van der Waals surface area contributed by atoms with Gasteiger partial charge in [0.2, 0.25) is 5.95 Å². The number of nitrogens with zero attached hydrogens (tertiary/aromatic N) is 4. The number of nitrogens with one attached hydrogen (secondary N) is 2. The highest BCUT2D eigenvalue weighted by atomic mass is 15.3. The standard InChI is InChI=1S/C14H22N6/c1-14(2,3)9-5-6-20(8-9)12-10-7-16-19-11(10)17-13(15-4)18-12/h7,9H,5-6,8H2,1-4H3,(H2,15,16,17,18,19). The quantitative estimate of drug-likeness (QED) is 0.879. The maximum atomic E-state index is 4.63. The van der Waals surface area contributed by atoms with E-state index in [1.54, 1.807) is 0 Å². The fraction of sp³-hybridized carbons (Fsp3) is 0.643. The highest BCUT2D eigenvalue weighted by Crippen LogP contribution is 2.36. The third-order valence-corrected chi connectivity index (χ3v) is 4.23. The van der Waals surface area contributed by atoms with Gasteiger partial charge in [-0.25, -0.2) is 0 Å². The molecule has 6 nitrogen and oxygen atoms in total. The molecule has 1 saturated heterocycles. The first kappa shape index (κ1) is 13.1. The first-order valence-electron chi connectivity index (χ1n) is 7.13. The van der Waals surface area contributed by atoms with Crippen LogP contribution in [0, 0.1) is 11.3 Å². The minimum atomic E-state index is 0.336. The van der Waals surface area contributed by atoms with E-state index in [2.05, 4.69) is 51.2 Å². The van der Waals surface area contributed by atoms with Gasteiger partial charge in [-0.1, -0.05) is 20.8 Å². The van der Waals surface area contributed by atoms with Crippen molar-refractivity contribution in [2.45, 2.75) is 27.2 Å². The van der Waals surface area contributed by atoms with Gasteiger partial charge in [0.15, 0.2) is 5.65 Å². The average molecular weight is 274 g/mol. The van der Waals surface area contributed by atoms with Crippen molar-refractivity contribution >= 4 is 22.8 Å². The van der Waals surface area contributed by atoms with Crippen LogP contribution in [-0.4, -0.2) is 40.3 Å². The molecule has 0 saturated carbocycles. The Kier molecular flexibility index (Phi) is 3.03. The smallest absolute Gasteiger partial charge is 0.226 e. The molecule has 2 aromatic heterocycles. The van der Waals surface area contributed by atoms with Crippen LogP contribution in [0.4, 0.5) is 11.8 Å². The van der Waals surface area contributed by atoms with E-state index in [9.17, 15) is 0 Å². The van der Waals surface area contributed by atoms with E-state index in [0.29, 0.717) is 17.3 Å². The molecule has 6 heteroatoms. The Morgan fingerprint density at radius 1 is 1.35 bits per heavy atom. The molecule has 0 aromatic carbocycles. The topological polar surface area (TPSA) is 69.7 Å². The molecule has 0 spiro atoms. The van der Waals surface area contributed by atoms with Gasteiger partial charge in [0.1, 0.15) is 5.82 Å². The van der Waals surface area contributed by atoms with Gasteiger partial charge in [-0.3, -0.25) is 5.10 Å². The van der Waals surface area contributed by atoms with Crippen LogP contribution >= 0.6 is 0 Å². The molecule has 0 amide bonds. The van der Waals surface area contributed by atoms with Crippen LogP contribution in [-0.2, 0) is 0 Å². The maximum absolute atomic E-state index is 4.63. The van der Waals surface area contributed by atoms with Gasteiger partial charge < -0.3 is 10.2 Å². The largest absolute Gasteiger partial charge is 0.357 e. The summed E-state index contributed by atoms with van der Waals surface area (Å²) in [7, 11) is 1.84. The lowest BCUT2D eigenvalue weighted by Gasteiger charge is -2.27. The molecule has 0 bridgehead atoms. The molecule has 1 aliphatic rings. The molecule has 108 valence electrons. The van der Waals surface area contributed by atoms with Crippen molar-refractivity contribution in [3.63, 3.8) is 0 Å². The summed E-state index contributed by atoms with van der Waals surface area (Å²) in [6, 6.07) is 0. The van der Waals surface area contributed by atoms with Gasteiger partial charge in [0, 0.05) is 20.1 Å². The van der Waals surface area contributed by atoms with Crippen LogP contribution in [0.15, 0.2) is 6.20 Å². The van der Waals surface area contributed by atoms with Crippen molar-refractivity contribution in [3.8, 4) is 0 Å². The zero-order valence-corrected chi connectivity index (χ0v) is 12.6. The minimum absolute atomic E-state index is 0.336. The van der Waals surface area contributed by atoms with Crippen LogP contribution in [0.3, 0.4) is 0 Å². The van der Waals surface area contributed by atoms with Gasteiger partial charge in [-0.2, -0.15) is 15.1 Å². The van der Waals surface area contributed by atoms with Crippen molar-refractivity contribution in [2.24, 2.45) is 11.3 Å². The lowest BCUT2D eigenvalue weighted by atomic mass is 9.80. The molecule has 2 aromatic rings. The number of rotatable bonds is 2. The van der Waals surface area contributed by atoms with Crippen LogP contribution in [0.2, 0.25) is 0 Å². The van der Waals surface area contributed by atoms with E-state index in [1.807, 2.05) is 13.2 Å². The second kappa shape index (κ2) is 4.61. The normalized spacial score (nSPS) is 19.8. The molecule has 3 heterocycles. The molecule has 3 rings (SSSR count). The number of hydrogen-bond donors (Lipinski definition) is 2. The Hall–Kier alpha value is -1.85. The number of fused-ring (bicyclic) bond motifs is 1. The van der Waals surface area contributed by atoms with Crippen LogP contribution in [0.25, 0.3) is 11.0 Å². The summed E-state index contributed by atoms with van der Waals surface area (Å²) in [6.45, 7) is 9.03. The minimum Gasteiger partial charge on any atom is -0.357 e. The molecule has 0 radical (unpaired) electrons. The molecular formula is C14H22N6. The second-order valence-electron chi connectivity index (χ2n) is 6.55. The van der Waals surface area contributed by atoms with Crippen molar-refractivity contribution in [3.05, 3.63) is 6.20 Å². The van der Waals surface area contributed by atoms with Gasteiger partial charge >= 0.3 is 0 Å². The summed E-state index contributed by atoms with van der Waals surface area (Å²) in [4.78, 5) is 11.4. The first-order valence-corrected chi connectivity index (χ1v) is 7.13. The Labute approximate surface area is 119 Å². The average Bonchev–Trinajstić information content (AvgIpc) is 3.05. The first-order chi connectivity index (χ1) is 9.49. The fourth-order valence-corrected chi connectivity index (χ4v) is 2.83. The summed E-state index contributed by atoms with van der Waals surface area (Å²) in [5, 5.41) is 11.0. The highest BCUT2D eigenvalue weighted by Gasteiger charge is 2.33. The van der Waals surface area contributed by atoms with Gasteiger partial charge in [-0.05, 0) is 17.8 Å². The Balaban J connectivity index is 1.96. The van der Waals surface area contributed by atoms with Crippen molar-refractivity contribution in [1.29, 1.82) is 0 Å². The summed E-state index contributed by atoms with van der Waals surface area (Å²) in [5.74, 6) is 2.31. The second-order valence-corrected chi connectivity index (χ2v) is 6.55. The Morgan fingerprint density at radius 2 is 2.15 bits per heavy atom. The van der Waals surface area contributed by atoms with Crippen LogP contribution in [0.1, 0.15) is 27.2 Å². The SMILES string of the molecule is CNc1nc(N2CCC(C(C)(C)C)C2)c2cn[nH]c2n1. The zero-order chi connectivity index (χ0) is 14.3. The summed E-state index contributed by atoms with van der Waals surface area (Å²) in [5.41, 5.74) is 1.13. The lowest BCUT2D eigenvalue weighted by molar-refractivity contribution is 0.263. The summed E-state index contributed by atoms with van der Waals surface area (Å²) in [6.07, 6.45) is 3.02. The summed E-state index contributed by atoms with van der Waals surface area (Å²) >= 11 is 0. The molecule has 0 aliphatic carbocycles. The lowest BCUT2D eigenvalue weighted by Crippen LogP contribution is -2.26. The number of H-pyrrole nitrogens is 1. The van der Waals surface area contributed by atoms with Gasteiger partial charge in [0.25, 0.3) is 0 Å². The zero-order valence-electron chi connectivity index (χ0n) is 12.6. The Morgan fingerprint density at radius 3 is 2.80 bits per heavy atom. The van der Waals surface area contributed by atoms with Crippen LogP contribution < -0.4 is 10.2 Å². The van der Waals surface area contributed by atoms with E-state index in [-0.39, 0.29) is 0 Å². The van der Waals surface area contributed by atoms with E-state index >= 15 is 0 Å². The molecule has 1 fully saturated rings. The molecular weight excluding hydrogens is 252 g/mol. The predicted octanol–water partition coefficient (Wildman–Crippen LogP) is 2.27. The molecule has 1 atom stereocenters. The van der Waals surface area contributed by atoms with Crippen molar-refractivity contribution < 1.29 is 0 Å². The predicted molar refractivity (Wildman–Crippen MR) is 81.0 cm³/mol. The third-order valence-electron chi connectivity index (χ3n) is 4.23. The number of aromatic amines is 1. The highest BCUT2D eigenvalue weighted by molar-refractivity contribution is 5.87. The van der Waals surface area contributed by atoms with Crippen molar-refractivity contribution in [1.82, 2.24) is 20.2 Å². The molecule has 1 unspecified atom stereocenters. The monoisotopic (exact) mass is 274 g/mol. The van der Waals surface area contributed by atoms with Crippen LogP contribution in [0.5, 0.6) is 0 Å². The van der Waals surface area contributed by atoms with E-state index in [4.69, 9.17) is 0 Å². The maximum Gasteiger partial charge on any atom is 0.226 e. The molecule has 1 aliphatic heterocycles. The number of aromatic nitrogens is 4. The Bertz CT molecular complexity index is 612. The third kappa shape index (κ3) is 2.19. The summed E-state index contributed by atoms with van der Waals surface area (Å²) < 4.78 is 0. The number of anilines is 2. The number of hydrogen-bond acceptors (Lipinski definition) is 5. The molecule has 2 N–H and O–H groups in total. The van der Waals surface area contributed by atoms with E-state index < -0.39 is 0 Å². The molecule has 20 heavy (non-hydrogen) atoms. The van der Waals surface area contributed by atoms with E-state index in [1.165, 1.54) is 6.42 Å². The van der Waals surface area contributed by atoms with Gasteiger partial charge in [0.05, 0.1) is 11.6 Å². The van der Waals surface area contributed by atoms with E-state index in [0.717, 1.165) is 29.9 Å². The van der Waals surface area contributed by atoms with Crippen molar-refractivity contribution in [2.75, 3.05) is 30.4 Å². The fourth-order valence-electron chi connectivity index (χ4n) is 2.83. The van der Waals surface area contributed by atoms with Gasteiger partial charge in [-0.15, -0.1) is 0 Å².